The third kappa shape index (κ3) is 4.17. The first-order valence-electron chi connectivity index (χ1n) is 10.1. The molecule has 2 aromatic rings. The Hall–Kier alpha value is -1.98. The molecule has 154 valence electrons. The van der Waals surface area contributed by atoms with Crippen LogP contribution in [-0.2, 0) is 15.8 Å². The van der Waals surface area contributed by atoms with Crippen LogP contribution in [0.4, 0.5) is 5.69 Å². The number of aliphatic hydroxyl groups is 1. The van der Waals surface area contributed by atoms with Crippen LogP contribution in [0.2, 0.25) is 0 Å². The standard InChI is InChI=1S/C24H28BrNO3/c1-5-6-13-26-20-12-11-18(25)14-19(20)24(29,22(26)28)15-21(27)16-7-9-17(10-8-16)23(2,3)4/h7-12,14,29H,5-6,13,15H2,1-4H3/t24-/m0/s1. The van der Waals surface area contributed by atoms with Gasteiger partial charge in [-0.2, -0.15) is 0 Å². The van der Waals surface area contributed by atoms with Crippen LogP contribution < -0.4 is 4.90 Å². The molecule has 3 rings (SSSR count). The SMILES string of the molecule is CCCCN1C(=O)[C@](O)(CC(=O)c2ccc(C(C)(C)C)cc2)c2cc(Br)ccc21. The minimum absolute atomic E-state index is 0.00774. The fourth-order valence-corrected chi connectivity index (χ4v) is 4.08. The lowest BCUT2D eigenvalue weighted by Crippen LogP contribution is -2.42. The predicted octanol–water partition coefficient (Wildman–Crippen LogP) is 5.35. The Kier molecular flexibility index (Phi) is 6.02. The lowest BCUT2D eigenvalue weighted by atomic mass is 9.85. The second-order valence-corrected chi connectivity index (χ2v) is 9.68. The second kappa shape index (κ2) is 8.04. The quantitative estimate of drug-likeness (QED) is 0.594. The number of rotatable bonds is 6. The number of fused-ring (bicyclic) bond motifs is 1. The fourth-order valence-electron chi connectivity index (χ4n) is 3.72. The van der Waals surface area contributed by atoms with Crippen LogP contribution in [0.25, 0.3) is 0 Å². The van der Waals surface area contributed by atoms with E-state index >= 15 is 0 Å². The molecule has 1 aliphatic rings. The number of nitrogens with zero attached hydrogens (tertiary/aromatic N) is 1. The minimum Gasteiger partial charge on any atom is -0.375 e. The number of carbonyl (C=O) groups excluding carboxylic acids is 2. The van der Waals surface area contributed by atoms with E-state index < -0.39 is 11.5 Å². The summed E-state index contributed by atoms with van der Waals surface area (Å²) in [6.07, 6.45) is 1.50. The third-order valence-electron chi connectivity index (χ3n) is 5.52. The van der Waals surface area contributed by atoms with Crippen LogP contribution in [0.15, 0.2) is 46.9 Å². The molecule has 0 saturated carbocycles. The summed E-state index contributed by atoms with van der Waals surface area (Å²) < 4.78 is 0.766. The van der Waals surface area contributed by atoms with Crippen LogP contribution in [0.1, 0.15) is 68.4 Å². The van der Waals surface area contributed by atoms with Gasteiger partial charge in [-0.15, -0.1) is 0 Å². The first-order chi connectivity index (χ1) is 13.6. The molecule has 0 spiro atoms. The minimum atomic E-state index is -1.84. The average Bonchev–Trinajstić information content (AvgIpc) is 2.86. The van der Waals surface area contributed by atoms with E-state index in [2.05, 4.69) is 43.6 Å². The normalized spacial score (nSPS) is 18.8. The van der Waals surface area contributed by atoms with Gasteiger partial charge in [0.25, 0.3) is 5.91 Å². The van der Waals surface area contributed by atoms with Gasteiger partial charge in [-0.25, -0.2) is 0 Å². The number of ketones is 1. The van der Waals surface area contributed by atoms with Crippen LogP contribution in [0.5, 0.6) is 0 Å². The molecule has 2 aromatic carbocycles. The number of hydrogen-bond donors (Lipinski definition) is 1. The molecule has 1 heterocycles. The van der Waals surface area contributed by atoms with E-state index in [1.165, 1.54) is 0 Å². The topological polar surface area (TPSA) is 57.6 Å². The molecule has 0 fully saturated rings. The Morgan fingerprint density at radius 2 is 1.79 bits per heavy atom. The summed E-state index contributed by atoms with van der Waals surface area (Å²) in [5.74, 6) is -0.664. The molecule has 0 radical (unpaired) electrons. The van der Waals surface area contributed by atoms with Gasteiger partial charge in [-0.05, 0) is 35.6 Å². The highest BCUT2D eigenvalue weighted by Crippen LogP contribution is 2.44. The van der Waals surface area contributed by atoms with Crippen molar-refractivity contribution < 1.29 is 14.7 Å². The van der Waals surface area contributed by atoms with Gasteiger partial charge in [0, 0.05) is 22.1 Å². The number of Topliss-reactive ketones (excluding diaryl/α,β-unsaturated/α-hetero) is 1. The van der Waals surface area contributed by atoms with Gasteiger partial charge in [-0.3, -0.25) is 9.59 Å². The number of unbranched alkanes of at least 4 members (excludes halogenated alkanes) is 1. The van der Waals surface area contributed by atoms with Gasteiger partial charge in [0.05, 0.1) is 12.1 Å². The summed E-state index contributed by atoms with van der Waals surface area (Å²) in [7, 11) is 0. The van der Waals surface area contributed by atoms with Crippen molar-refractivity contribution in [3.8, 4) is 0 Å². The number of anilines is 1. The van der Waals surface area contributed by atoms with E-state index in [0.29, 0.717) is 23.4 Å². The maximum Gasteiger partial charge on any atom is 0.264 e. The highest BCUT2D eigenvalue weighted by atomic mass is 79.9. The lowest BCUT2D eigenvalue weighted by molar-refractivity contribution is -0.135. The first kappa shape index (κ1) is 21.7. The molecule has 0 unspecified atom stereocenters. The average molecular weight is 458 g/mol. The Morgan fingerprint density at radius 3 is 2.38 bits per heavy atom. The molecule has 0 bridgehead atoms. The highest BCUT2D eigenvalue weighted by Gasteiger charge is 2.50. The van der Waals surface area contributed by atoms with Gasteiger partial charge in [0.1, 0.15) is 0 Å². The lowest BCUT2D eigenvalue weighted by Gasteiger charge is -2.23. The molecule has 4 nitrogen and oxygen atoms in total. The van der Waals surface area contributed by atoms with E-state index in [1.807, 2.05) is 24.3 Å². The molecule has 1 atom stereocenters. The van der Waals surface area contributed by atoms with Crippen molar-refractivity contribution in [1.29, 1.82) is 0 Å². The second-order valence-electron chi connectivity index (χ2n) is 8.76. The Balaban J connectivity index is 1.92. The van der Waals surface area contributed by atoms with Crippen molar-refractivity contribution in [3.05, 3.63) is 63.6 Å². The van der Waals surface area contributed by atoms with E-state index in [4.69, 9.17) is 0 Å². The molecular weight excluding hydrogens is 430 g/mol. The number of amides is 1. The maximum absolute atomic E-state index is 13.2. The molecular formula is C24H28BrNO3. The van der Waals surface area contributed by atoms with E-state index in [0.717, 1.165) is 22.9 Å². The summed E-state index contributed by atoms with van der Waals surface area (Å²) in [5.41, 5.74) is 0.962. The monoisotopic (exact) mass is 457 g/mol. The number of benzene rings is 2. The number of carbonyl (C=O) groups is 2. The summed E-state index contributed by atoms with van der Waals surface area (Å²) in [5, 5.41) is 11.4. The van der Waals surface area contributed by atoms with E-state index in [-0.39, 0.29) is 17.6 Å². The van der Waals surface area contributed by atoms with Crippen molar-refractivity contribution in [3.63, 3.8) is 0 Å². The predicted molar refractivity (Wildman–Crippen MR) is 119 cm³/mol. The van der Waals surface area contributed by atoms with Crippen LogP contribution in [-0.4, -0.2) is 23.3 Å². The summed E-state index contributed by atoms with van der Waals surface area (Å²) >= 11 is 3.42. The largest absolute Gasteiger partial charge is 0.375 e. The van der Waals surface area contributed by atoms with Gasteiger partial charge in [-0.1, -0.05) is 74.3 Å². The third-order valence-corrected chi connectivity index (χ3v) is 6.01. The van der Waals surface area contributed by atoms with Gasteiger partial charge >= 0.3 is 0 Å². The molecule has 0 saturated heterocycles. The number of halogens is 1. The molecule has 0 aromatic heterocycles. The van der Waals surface area contributed by atoms with Crippen LogP contribution in [0, 0.1) is 0 Å². The van der Waals surface area contributed by atoms with Crippen molar-refractivity contribution in [2.24, 2.45) is 0 Å². The van der Waals surface area contributed by atoms with Crippen LogP contribution in [0.3, 0.4) is 0 Å². The fraction of sp³-hybridized carbons (Fsp3) is 0.417. The Labute approximate surface area is 181 Å². The summed E-state index contributed by atoms with van der Waals surface area (Å²) in [6, 6.07) is 12.9. The van der Waals surface area contributed by atoms with Gasteiger partial charge in [0.15, 0.2) is 11.4 Å². The molecule has 0 aliphatic carbocycles. The summed E-state index contributed by atoms with van der Waals surface area (Å²) in [4.78, 5) is 27.8. The van der Waals surface area contributed by atoms with Crippen molar-refractivity contribution in [1.82, 2.24) is 0 Å². The Bertz CT molecular complexity index is 930. The zero-order valence-corrected chi connectivity index (χ0v) is 19.0. The molecule has 1 aliphatic heterocycles. The zero-order chi connectivity index (χ0) is 21.4. The zero-order valence-electron chi connectivity index (χ0n) is 17.5. The van der Waals surface area contributed by atoms with Crippen molar-refractivity contribution >= 4 is 33.3 Å². The van der Waals surface area contributed by atoms with Gasteiger partial charge in [0.2, 0.25) is 0 Å². The van der Waals surface area contributed by atoms with E-state index in [1.54, 1.807) is 23.1 Å². The Morgan fingerprint density at radius 1 is 1.14 bits per heavy atom. The summed E-state index contributed by atoms with van der Waals surface area (Å²) in [6.45, 7) is 8.93. The molecule has 1 amide bonds. The maximum atomic E-state index is 13.2. The molecule has 5 heteroatoms. The first-order valence-corrected chi connectivity index (χ1v) is 10.9. The smallest absolute Gasteiger partial charge is 0.264 e. The van der Waals surface area contributed by atoms with Crippen molar-refractivity contribution in [2.75, 3.05) is 11.4 Å². The van der Waals surface area contributed by atoms with Gasteiger partial charge < -0.3 is 10.0 Å². The molecule has 1 N–H and O–H groups in total. The van der Waals surface area contributed by atoms with E-state index in [9.17, 15) is 14.7 Å². The molecule has 29 heavy (non-hydrogen) atoms. The van der Waals surface area contributed by atoms with Crippen molar-refractivity contribution in [2.45, 2.75) is 58.0 Å². The number of hydrogen-bond acceptors (Lipinski definition) is 3. The highest BCUT2D eigenvalue weighted by molar-refractivity contribution is 9.10. The van der Waals surface area contributed by atoms with Crippen LogP contribution >= 0.6 is 15.9 Å².